The molecule has 0 spiro atoms. The first-order valence-corrected chi connectivity index (χ1v) is 25.2. The van der Waals surface area contributed by atoms with Crippen LogP contribution in [0.4, 0.5) is 0 Å². The number of hydrogen-bond donors (Lipinski definition) is 0. The maximum absolute atomic E-state index is 13.9. The second kappa shape index (κ2) is 16.9. The summed E-state index contributed by atoms with van der Waals surface area (Å²) in [5.74, 6) is 0.478. The Morgan fingerprint density at radius 3 is 2.06 bits per heavy atom. The van der Waals surface area contributed by atoms with Crippen LogP contribution in [0.15, 0.2) is 23.8 Å². The third-order valence-electron chi connectivity index (χ3n) is 12.3. The van der Waals surface area contributed by atoms with Gasteiger partial charge in [-0.05, 0) is 79.4 Å². The monoisotopic (exact) mass is 704 g/mol. The van der Waals surface area contributed by atoms with Crippen molar-refractivity contribution >= 4 is 28.6 Å². The van der Waals surface area contributed by atoms with Crippen LogP contribution in [0.2, 0.25) is 36.3 Å². The molecule has 1 saturated heterocycles. The van der Waals surface area contributed by atoms with E-state index in [1.807, 2.05) is 0 Å². The van der Waals surface area contributed by atoms with Crippen LogP contribution < -0.4 is 0 Å². The second-order valence-electron chi connectivity index (χ2n) is 18.3. The van der Waals surface area contributed by atoms with Crippen molar-refractivity contribution in [2.24, 2.45) is 23.7 Å². The molecule has 1 heterocycles. The number of esters is 2. The Labute approximate surface area is 296 Å². The Kier molecular flexibility index (Phi) is 14.5. The molecule has 0 amide bonds. The molecule has 3 aliphatic rings. The molecule has 2 aliphatic carbocycles. The number of ether oxygens (including phenoxy) is 2. The normalized spacial score (nSPS) is 28.6. The number of carbonyl (C=O) groups is 2. The first-order valence-electron chi connectivity index (χ1n) is 19.3. The Morgan fingerprint density at radius 2 is 1.50 bits per heavy atom. The summed E-state index contributed by atoms with van der Waals surface area (Å²) in [7, 11) is -4.06. The van der Waals surface area contributed by atoms with Gasteiger partial charge in [-0.2, -0.15) is 0 Å². The summed E-state index contributed by atoms with van der Waals surface area (Å²) < 4.78 is 26.3. The summed E-state index contributed by atoms with van der Waals surface area (Å²) >= 11 is 0. The van der Waals surface area contributed by atoms with Crippen LogP contribution in [0.3, 0.4) is 0 Å². The van der Waals surface area contributed by atoms with E-state index in [0.717, 1.165) is 57.8 Å². The lowest BCUT2D eigenvalue weighted by Crippen LogP contribution is -2.48. The first kappa shape index (κ1) is 41.2. The number of allylic oxidation sites excluding steroid dienone is 2. The third-order valence-corrected chi connectivity index (χ3v) is 21.4. The van der Waals surface area contributed by atoms with E-state index in [2.05, 4.69) is 107 Å². The van der Waals surface area contributed by atoms with Crippen molar-refractivity contribution in [3.63, 3.8) is 0 Å². The minimum Gasteiger partial charge on any atom is -0.462 e. The zero-order chi connectivity index (χ0) is 36.1. The van der Waals surface area contributed by atoms with E-state index in [4.69, 9.17) is 18.3 Å². The van der Waals surface area contributed by atoms with Gasteiger partial charge in [-0.3, -0.25) is 9.59 Å². The molecule has 0 N–H and O–H groups in total. The number of hydrogen-bond acceptors (Lipinski definition) is 6. The zero-order valence-corrected chi connectivity index (χ0v) is 35.1. The molecule has 0 saturated carbocycles. The summed E-state index contributed by atoms with van der Waals surface area (Å²) in [5, 5.41) is 0.172. The van der Waals surface area contributed by atoms with E-state index in [9.17, 15) is 9.59 Å². The van der Waals surface area contributed by atoms with Crippen LogP contribution in [-0.2, 0) is 27.9 Å². The maximum atomic E-state index is 13.9. The van der Waals surface area contributed by atoms with Crippen LogP contribution in [-0.4, -0.2) is 53.0 Å². The minimum absolute atomic E-state index is 0.0259. The van der Waals surface area contributed by atoms with Gasteiger partial charge in [0.1, 0.15) is 12.2 Å². The van der Waals surface area contributed by atoms with Crippen LogP contribution in [0.25, 0.3) is 0 Å². The van der Waals surface area contributed by atoms with E-state index in [-0.39, 0.29) is 64.2 Å². The molecule has 0 aromatic carbocycles. The molecule has 1 fully saturated rings. The molecular weight excluding hydrogens is 633 g/mol. The lowest BCUT2D eigenvalue weighted by Gasteiger charge is -2.46. The summed E-state index contributed by atoms with van der Waals surface area (Å²) in [6, 6.07) is 0. The fraction of sp³-hybridized carbons (Fsp3) is 0.850. The Bertz CT molecular complexity index is 1120. The number of cyclic esters (lactones) is 1. The van der Waals surface area contributed by atoms with E-state index in [0.29, 0.717) is 18.8 Å². The van der Waals surface area contributed by atoms with Gasteiger partial charge >= 0.3 is 11.9 Å². The molecule has 0 unspecified atom stereocenters. The van der Waals surface area contributed by atoms with Crippen LogP contribution in [0.5, 0.6) is 0 Å². The van der Waals surface area contributed by atoms with Gasteiger partial charge in [0.15, 0.2) is 16.6 Å². The van der Waals surface area contributed by atoms with Gasteiger partial charge in [-0.15, -0.1) is 0 Å². The Morgan fingerprint density at radius 1 is 0.917 bits per heavy atom. The molecule has 276 valence electrons. The predicted molar refractivity (Wildman–Crippen MR) is 203 cm³/mol. The highest BCUT2D eigenvalue weighted by atomic mass is 28.4. The third kappa shape index (κ3) is 10.9. The van der Waals surface area contributed by atoms with Crippen molar-refractivity contribution in [1.29, 1.82) is 0 Å². The van der Waals surface area contributed by atoms with Crippen molar-refractivity contribution in [3.8, 4) is 0 Å². The van der Waals surface area contributed by atoms with Gasteiger partial charge in [-0.25, -0.2) is 0 Å². The van der Waals surface area contributed by atoms with Crippen LogP contribution >= 0.6 is 0 Å². The second-order valence-corrected chi connectivity index (χ2v) is 27.8. The summed E-state index contributed by atoms with van der Waals surface area (Å²) in [6.45, 7) is 29.4. The highest BCUT2D eigenvalue weighted by molar-refractivity contribution is 6.74. The van der Waals surface area contributed by atoms with Gasteiger partial charge in [-0.1, -0.05) is 106 Å². The summed E-state index contributed by atoms with van der Waals surface area (Å²) in [5.41, 5.74) is 1.24. The van der Waals surface area contributed by atoms with E-state index in [1.54, 1.807) is 0 Å². The van der Waals surface area contributed by atoms with Gasteiger partial charge in [0.25, 0.3) is 0 Å². The maximum Gasteiger partial charge on any atom is 0.309 e. The van der Waals surface area contributed by atoms with Crippen molar-refractivity contribution in [2.75, 3.05) is 0 Å². The van der Waals surface area contributed by atoms with E-state index in [1.165, 1.54) is 5.57 Å². The fourth-order valence-electron chi connectivity index (χ4n) is 7.22. The Balaban J connectivity index is 1.86. The topological polar surface area (TPSA) is 71.1 Å². The molecule has 8 heteroatoms. The van der Waals surface area contributed by atoms with Crippen molar-refractivity contribution in [3.05, 3.63) is 23.8 Å². The van der Waals surface area contributed by atoms with Crippen molar-refractivity contribution < 1.29 is 27.9 Å². The van der Waals surface area contributed by atoms with Crippen LogP contribution in [0.1, 0.15) is 133 Å². The molecular formula is C40H72O6Si2. The molecule has 0 bridgehead atoms. The lowest BCUT2D eigenvalue weighted by atomic mass is 9.66. The summed E-state index contributed by atoms with van der Waals surface area (Å²) in [4.78, 5) is 26.7. The van der Waals surface area contributed by atoms with Gasteiger partial charge in [0.2, 0.25) is 0 Å². The minimum atomic E-state index is -2.05. The first-order chi connectivity index (χ1) is 22.2. The molecule has 48 heavy (non-hydrogen) atoms. The van der Waals surface area contributed by atoms with Gasteiger partial charge in [0, 0.05) is 18.8 Å². The predicted octanol–water partition coefficient (Wildman–Crippen LogP) is 10.9. The number of carbonyl (C=O) groups excluding carboxylic acids is 2. The van der Waals surface area contributed by atoms with E-state index >= 15 is 0 Å². The van der Waals surface area contributed by atoms with Crippen molar-refractivity contribution in [2.45, 2.75) is 194 Å². The average molecular weight is 705 g/mol. The molecule has 1 aliphatic heterocycles. The number of rotatable bonds is 15. The van der Waals surface area contributed by atoms with Crippen molar-refractivity contribution in [1.82, 2.24) is 0 Å². The quantitative estimate of drug-likeness (QED) is 0.125. The SMILES string of the molecule is CCCCC(CCCC)C(=O)O[C@H]1C[C@H](O[Si](C)(C)C(C)(C)C)C=C2C=C[C@H](C)[C@H](CC[C@@H]3C[C@@H](O[Si](C)(C)C(C)(C)C)CC(=O)O3)[C@H]21. The smallest absolute Gasteiger partial charge is 0.309 e. The van der Waals surface area contributed by atoms with Gasteiger partial charge < -0.3 is 18.3 Å². The molecule has 0 aromatic heterocycles. The largest absolute Gasteiger partial charge is 0.462 e. The Hall–Kier alpha value is -1.23. The molecule has 7 atom stereocenters. The standard InChI is InChI=1S/C40H72O6Si2/c1-14-16-18-29(19-17-15-2)38(42)44-35-26-32(45-47(10,11)39(4,5)6)24-30-21-20-28(3)34(37(30)35)23-22-31-25-33(27-36(41)43-31)46-48(12,13)40(7,8)9/h20-21,24,28-29,31-35,37H,14-19,22-23,25-27H2,1-13H3/t28-,31+,32+,33+,34-,35-,37-/m0/s1. The molecule has 3 rings (SSSR count). The number of fused-ring (bicyclic) bond motifs is 1. The fourth-order valence-corrected chi connectivity index (χ4v) is 9.86. The average Bonchev–Trinajstić information content (AvgIpc) is 2.95. The zero-order valence-electron chi connectivity index (χ0n) is 33.1. The molecule has 0 aromatic rings. The molecule has 6 nitrogen and oxygen atoms in total. The van der Waals surface area contributed by atoms with Crippen LogP contribution in [0, 0.1) is 23.7 Å². The summed E-state index contributed by atoms with van der Waals surface area (Å²) in [6.07, 6.45) is 15.9. The van der Waals surface area contributed by atoms with Gasteiger partial charge in [0.05, 0.1) is 24.5 Å². The number of unbranched alkanes of at least 4 members (excludes halogenated alkanes) is 2. The highest BCUT2D eigenvalue weighted by Crippen LogP contribution is 2.47. The highest BCUT2D eigenvalue weighted by Gasteiger charge is 2.47. The van der Waals surface area contributed by atoms with E-state index < -0.39 is 16.6 Å². The lowest BCUT2D eigenvalue weighted by molar-refractivity contribution is -0.162. The molecule has 0 radical (unpaired) electrons.